The third-order valence-corrected chi connectivity index (χ3v) is 4.19. The second-order valence-corrected chi connectivity index (χ2v) is 6.21. The van der Waals surface area contributed by atoms with Crippen LogP contribution >= 0.6 is 34.2 Å². The third-order valence-electron chi connectivity index (χ3n) is 3.21. The van der Waals surface area contributed by atoms with E-state index in [-0.39, 0.29) is 0 Å². The summed E-state index contributed by atoms with van der Waals surface area (Å²) in [6, 6.07) is 11.8. The van der Waals surface area contributed by atoms with Gasteiger partial charge in [0, 0.05) is 15.7 Å². The van der Waals surface area contributed by atoms with E-state index in [1.165, 1.54) is 0 Å². The van der Waals surface area contributed by atoms with Gasteiger partial charge in [-0.05, 0) is 59.0 Å². The van der Waals surface area contributed by atoms with Crippen LogP contribution in [0.3, 0.4) is 0 Å². The van der Waals surface area contributed by atoms with Crippen LogP contribution in [-0.4, -0.2) is 9.55 Å². The summed E-state index contributed by atoms with van der Waals surface area (Å²) in [6.45, 7) is 2.08. The molecule has 0 radical (unpaired) electrons. The highest BCUT2D eigenvalue weighted by Crippen LogP contribution is 2.29. The van der Waals surface area contributed by atoms with Gasteiger partial charge in [0.05, 0.1) is 21.7 Å². The molecule has 0 bridgehead atoms. The van der Waals surface area contributed by atoms with Crippen LogP contribution in [0.2, 0.25) is 5.02 Å². The van der Waals surface area contributed by atoms with E-state index in [2.05, 4.69) is 39.1 Å². The first-order valence-electron chi connectivity index (χ1n) is 6.32. The molecule has 0 aliphatic carbocycles. The molecule has 0 atom stereocenters. The Morgan fingerprint density at radius 1 is 1.25 bits per heavy atom. The Hall–Kier alpha value is -1.27. The number of hydrogen-bond acceptors (Lipinski definition) is 2. The molecule has 1 aromatic heterocycles. The molecule has 1 heterocycles. The largest absolute Gasteiger partial charge is 0.399 e. The number of aromatic nitrogens is 2. The minimum Gasteiger partial charge on any atom is -0.399 e. The number of hydrogen-bond donors (Lipinski definition) is 1. The highest BCUT2D eigenvalue weighted by molar-refractivity contribution is 14.1. The average molecular weight is 398 g/mol. The van der Waals surface area contributed by atoms with Gasteiger partial charge in [0.1, 0.15) is 5.82 Å². The maximum absolute atomic E-state index is 6.40. The Balaban J connectivity index is 2.34. The van der Waals surface area contributed by atoms with Crippen molar-refractivity contribution in [3.8, 4) is 5.69 Å². The molecular weight excluding hydrogens is 385 g/mol. The van der Waals surface area contributed by atoms with Gasteiger partial charge in [-0.2, -0.15) is 0 Å². The van der Waals surface area contributed by atoms with Gasteiger partial charge >= 0.3 is 0 Å². The molecule has 5 heteroatoms. The number of nitrogens with zero attached hydrogens (tertiary/aromatic N) is 2. The van der Waals surface area contributed by atoms with Gasteiger partial charge in [0.2, 0.25) is 0 Å². The van der Waals surface area contributed by atoms with E-state index in [9.17, 15) is 0 Å². The van der Waals surface area contributed by atoms with Gasteiger partial charge in [-0.15, -0.1) is 0 Å². The number of imidazole rings is 1. The lowest BCUT2D eigenvalue weighted by Gasteiger charge is -2.10. The first-order valence-corrected chi connectivity index (χ1v) is 7.78. The molecule has 0 unspecified atom stereocenters. The van der Waals surface area contributed by atoms with Crippen molar-refractivity contribution < 1.29 is 0 Å². The number of rotatable bonds is 2. The summed E-state index contributed by atoms with van der Waals surface area (Å²) < 4.78 is 3.22. The number of nitrogens with two attached hydrogens (primary N) is 1. The monoisotopic (exact) mass is 397 g/mol. The second kappa shape index (κ2) is 5.26. The number of benzene rings is 2. The Bertz CT molecular complexity index is 795. The Morgan fingerprint density at radius 2 is 2.05 bits per heavy atom. The van der Waals surface area contributed by atoms with Crippen molar-refractivity contribution in [2.75, 3.05) is 5.73 Å². The van der Waals surface area contributed by atoms with E-state index in [1.54, 1.807) is 0 Å². The van der Waals surface area contributed by atoms with Crippen LogP contribution in [0.5, 0.6) is 0 Å². The van der Waals surface area contributed by atoms with E-state index in [0.717, 1.165) is 43.2 Å². The molecule has 0 aliphatic rings. The summed E-state index contributed by atoms with van der Waals surface area (Å²) in [6.07, 6.45) is 0.830. The number of halogens is 2. The predicted octanol–water partition coefficient (Wildman–Crippen LogP) is 4.43. The second-order valence-electron chi connectivity index (χ2n) is 4.56. The van der Waals surface area contributed by atoms with E-state index < -0.39 is 0 Å². The van der Waals surface area contributed by atoms with Crippen LogP contribution in [0.15, 0.2) is 36.4 Å². The Morgan fingerprint density at radius 3 is 2.75 bits per heavy atom. The fourth-order valence-electron chi connectivity index (χ4n) is 2.32. The molecule has 0 saturated heterocycles. The molecule has 3 aromatic rings. The molecule has 2 N–H and O–H groups in total. The minimum absolute atomic E-state index is 0.721. The first-order chi connectivity index (χ1) is 9.60. The Kier molecular flexibility index (Phi) is 3.60. The van der Waals surface area contributed by atoms with Crippen molar-refractivity contribution >= 4 is 50.9 Å². The summed E-state index contributed by atoms with van der Waals surface area (Å²) in [5.41, 5.74) is 9.44. The molecule has 3 nitrogen and oxygen atoms in total. The summed E-state index contributed by atoms with van der Waals surface area (Å²) in [4.78, 5) is 4.65. The van der Waals surface area contributed by atoms with Crippen LogP contribution < -0.4 is 5.73 Å². The van der Waals surface area contributed by atoms with Crippen molar-refractivity contribution in [2.24, 2.45) is 0 Å². The third kappa shape index (κ3) is 2.27. The van der Waals surface area contributed by atoms with Gasteiger partial charge < -0.3 is 5.73 Å². The summed E-state index contributed by atoms with van der Waals surface area (Å²) >= 11 is 8.66. The quantitative estimate of drug-likeness (QED) is 0.513. The number of nitrogen functional groups attached to an aromatic ring is 1. The molecule has 0 saturated carbocycles. The predicted molar refractivity (Wildman–Crippen MR) is 92.6 cm³/mol. The maximum Gasteiger partial charge on any atom is 0.114 e. The van der Waals surface area contributed by atoms with Crippen LogP contribution in [-0.2, 0) is 6.42 Å². The van der Waals surface area contributed by atoms with Crippen molar-refractivity contribution in [3.05, 3.63) is 50.8 Å². The first kappa shape index (κ1) is 13.7. The van der Waals surface area contributed by atoms with E-state index in [4.69, 9.17) is 17.3 Å². The van der Waals surface area contributed by atoms with Gasteiger partial charge in [-0.1, -0.05) is 18.5 Å². The maximum atomic E-state index is 6.40. The zero-order valence-electron chi connectivity index (χ0n) is 10.9. The van der Waals surface area contributed by atoms with Gasteiger partial charge in [0.15, 0.2) is 0 Å². The number of aryl methyl sites for hydroxylation is 1. The van der Waals surface area contributed by atoms with Gasteiger partial charge in [-0.3, -0.25) is 4.57 Å². The molecule has 0 amide bonds. The van der Waals surface area contributed by atoms with Crippen LogP contribution in [0.25, 0.3) is 16.7 Å². The molecule has 20 heavy (non-hydrogen) atoms. The van der Waals surface area contributed by atoms with Gasteiger partial charge in [0.25, 0.3) is 0 Å². The van der Waals surface area contributed by atoms with Crippen molar-refractivity contribution in [1.82, 2.24) is 9.55 Å². The fraction of sp³-hybridized carbons (Fsp3) is 0.133. The fourth-order valence-corrected chi connectivity index (χ4v) is 3.26. The topological polar surface area (TPSA) is 43.8 Å². The zero-order chi connectivity index (χ0) is 14.3. The lowest BCUT2D eigenvalue weighted by molar-refractivity contribution is 0.908. The molecular formula is C15H13ClIN3. The zero-order valence-corrected chi connectivity index (χ0v) is 13.8. The van der Waals surface area contributed by atoms with Crippen molar-refractivity contribution in [3.63, 3.8) is 0 Å². The molecule has 0 fully saturated rings. The SMILES string of the molecule is CCc1nc2cc(N)ccc2n1-c1ccc(I)cc1Cl. The van der Waals surface area contributed by atoms with Crippen LogP contribution in [0, 0.1) is 3.57 Å². The molecule has 3 rings (SSSR count). The van der Waals surface area contributed by atoms with E-state index in [1.807, 2.05) is 36.4 Å². The summed E-state index contributed by atoms with van der Waals surface area (Å²) in [5, 5.41) is 0.725. The highest BCUT2D eigenvalue weighted by atomic mass is 127. The Labute approximate surface area is 135 Å². The van der Waals surface area contributed by atoms with E-state index >= 15 is 0 Å². The summed E-state index contributed by atoms with van der Waals surface area (Å²) in [5.74, 6) is 0.980. The molecule has 0 aliphatic heterocycles. The number of fused-ring (bicyclic) bond motifs is 1. The normalized spacial score (nSPS) is 11.2. The van der Waals surface area contributed by atoms with Crippen molar-refractivity contribution in [2.45, 2.75) is 13.3 Å². The van der Waals surface area contributed by atoms with Crippen LogP contribution in [0.1, 0.15) is 12.7 Å². The average Bonchev–Trinajstić information content (AvgIpc) is 2.76. The van der Waals surface area contributed by atoms with Gasteiger partial charge in [-0.25, -0.2) is 4.98 Å². The number of anilines is 1. The molecule has 102 valence electrons. The van der Waals surface area contributed by atoms with Crippen molar-refractivity contribution in [1.29, 1.82) is 0 Å². The smallest absolute Gasteiger partial charge is 0.114 e. The lowest BCUT2D eigenvalue weighted by Crippen LogP contribution is -2.01. The lowest BCUT2D eigenvalue weighted by atomic mass is 10.2. The molecule has 0 spiro atoms. The standard InChI is InChI=1S/C15H13ClIN3/c1-2-15-19-12-8-10(18)4-6-14(12)20(15)13-5-3-9(17)7-11(13)16/h3-8H,2,18H2,1H3. The minimum atomic E-state index is 0.721. The molecule has 2 aromatic carbocycles. The highest BCUT2D eigenvalue weighted by Gasteiger charge is 2.13. The van der Waals surface area contributed by atoms with Crippen LogP contribution in [0.4, 0.5) is 5.69 Å². The van der Waals surface area contributed by atoms with E-state index in [0.29, 0.717) is 0 Å². The summed E-state index contributed by atoms with van der Waals surface area (Å²) in [7, 11) is 0.